The van der Waals surface area contributed by atoms with E-state index in [9.17, 15) is 5.11 Å². The Bertz CT molecular complexity index is 412. The van der Waals surface area contributed by atoms with Gasteiger partial charge in [0.15, 0.2) is 0 Å². The van der Waals surface area contributed by atoms with Crippen LogP contribution in [0.15, 0.2) is 11.4 Å². The highest BCUT2D eigenvalue weighted by molar-refractivity contribution is 7.10. The average molecular weight is 267 g/mol. The number of ether oxygens (including phenoxy) is 1. The molecule has 4 heteroatoms. The Balaban J connectivity index is 1.74. The Morgan fingerprint density at radius 2 is 2.50 bits per heavy atom. The van der Waals surface area contributed by atoms with Gasteiger partial charge in [0, 0.05) is 36.0 Å². The molecule has 0 saturated carbocycles. The molecule has 0 spiro atoms. The van der Waals surface area contributed by atoms with E-state index in [1.165, 1.54) is 5.56 Å². The van der Waals surface area contributed by atoms with E-state index in [-0.39, 0.29) is 12.0 Å². The summed E-state index contributed by atoms with van der Waals surface area (Å²) in [4.78, 5) is 4.06. The Labute approximate surface area is 112 Å². The molecule has 18 heavy (non-hydrogen) atoms. The predicted octanol–water partition coefficient (Wildman–Crippen LogP) is 2.07. The maximum absolute atomic E-state index is 9.68. The van der Waals surface area contributed by atoms with E-state index in [1.54, 1.807) is 4.88 Å². The van der Waals surface area contributed by atoms with Gasteiger partial charge < -0.3 is 9.84 Å². The number of fused-ring (bicyclic) bond motifs is 1. The minimum atomic E-state index is -0.0260. The van der Waals surface area contributed by atoms with E-state index in [1.807, 2.05) is 11.3 Å². The number of hydrogen-bond acceptors (Lipinski definition) is 4. The largest absolute Gasteiger partial charge is 0.396 e. The fourth-order valence-electron chi connectivity index (χ4n) is 3.16. The Morgan fingerprint density at radius 1 is 1.61 bits per heavy atom. The summed E-state index contributed by atoms with van der Waals surface area (Å²) >= 11 is 1.88. The maximum Gasteiger partial charge on any atom is 0.0557 e. The van der Waals surface area contributed by atoms with Crippen LogP contribution in [0.3, 0.4) is 0 Å². The van der Waals surface area contributed by atoms with Crippen LogP contribution >= 0.6 is 11.3 Å². The van der Waals surface area contributed by atoms with Crippen molar-refractivity contribution in [1.82, 2.24) is 4.90 Å². The second-order valence-corrected chi connectivity index (χ2v) is 6.66. The Hall–Kier alpha value is -0.420. The van der Waals surface area contributed by atoms with Gasteiger partial charge in [-0.2, -0.15) is 0 Å². The Kier molecular flexibility index (Phi) is 3.45. The van der Waals surface area contributed by atoms with Crippen molar-refractivity contribution in [2.75, 3.05) is 32.9 Å². The first kappa shape index (κ1) is 12.6. The molecule has 3 nitrogen and oxygen atoms in total. The van der Waals surface area contributed by atoms with E-state index in [4.69, 9.17) is 4.74 Å². The highest BCUT2D eigenvalue weighted by Crippen LogP contribution is 2.37. The molecule has 1 aromatic rings. The smallest absolute Gasteiger partial charge is 0.0557 e. The van der Waals surface area contributed by atoms with E-state index < -0.39 is 0 Å². The van der Waals surface area contributed by atoms with Crippen LogP contribution in [-0.4, -0.2) is 42.9 Å². The number of nitrogens with zero attached hydrogens (tertiary/aromatic N) is 1. The average Bonchev–Trinajstić information content (AvgIpc) is 3.03. The first-order valence-corrected chi connectivity index (χ1v) is 7.61. The van der Waals surface area contributed by atoms with Crippen molar-refractivity contribution in [1.29, 1.82) is 0 Å². The standard InChI is InChI=1S/C14H21NO2S/c1-11-12-3-7-18-13(12)2-5-15(11)8-14(9-16)4-6-17-10-14/h3,7,11,16H,2,4-6,8-10H2,1H3. The fourth-order valence-corrected chi connectivity index (χ4v) is 4.12. The lowest BCUT2D eigenvalue weighted by Gasteiger charge is -2.39. The second-order valence-electron chi connectivity index (χ2n) is 5.66. The van der Waals surface area contributed by atoms with E-state index in [2.05, 4.69) is 23.3 Å². The van der Waals surface area contributed by atoms with Gasteiger partial charge in [0.25, 0.3) is 0 Å². The number of rotatable bonds is 3. The zero-order valence-corrected chi connectivity index (χ0v) is 11.7. The quantitative estimate of drug-likeness (QED) is 0.910. The Morgan fingerprint density at radius 3 is 3.22 bits per heavy atom. The number of thiophene rings is 1. The molecule has 2 unspecified atom stereocenters. The highest BCUT2D eigenvalue weighted by Gasteiger charge is 2.38. The van der Waals surface area contributed by atoms with Crippen molar-refractivity contribution in [2.45, 2.75) is 25.8 Å². The van der Waals surface area contributed by atoms with Crippen LogP contribution in [-0.2, 0) is 11.2 Å². The normalized spacial score (nSPS) is 32.7. The van der Waals surface area contributed by atoms with Gasteiger partial charge in [0.2, 0.25) is 0 Å². The second kappa shape index (κ2) is 4.93. The van der Waals surface area contributed by atoms with E-state index in [0.29, 0.717) is 12.6 Å². The first-order valence-electron chi connectivity index (χ1n) is 6.73. The molecule has 1 fully saturated rings. The van der Waals surface area contributed by atoms with Crippen molar-refractivity contribution in [3.8, 4) is 0 Å². The predicted molar refractivity (Wildman–Crippen MR) is 73.0 cm³/mol. The lowest BCUT2D eigenvalue weighted by molar-refractivity contribution is 0.0412. The van der Waals surface area contributed by atoms with Crippen LogP contribution < -0.4 is 0 Å². The lowest BCUT2D eigenvalue weighted by Crippen LogP contribution is -2.44. The van der Waals surface area contributed by atoms with Crippen LogP contribution in [0.4, 0.5) is 0 Å². The molecular weight excluding hydrogens is 246 g/mol. The zero-order chi connectivity index (χ0) is 12.6. The molecule has 0 aromatic carbocycles. The maximum atomic E-state index is 9.68. The van der Waals surface area contributed by atoms with Crippen LogP contribution in [0.25, 0.3) is 0 Å². The van der Waals surface area contributed by atoms with Crippen LogP contribution in [0, 0.1) is 5.41 Å². The van der Waals surface area contributed by atoms with Gasteiger partial charge in [-0.1, -0.05) is 0 Å². The van der Waals surface area contributed by atoms with Gasteiger partial charge in [-0.15, -0.1) is 11.3 Å². The van der Waals surface area contributed by atoms with Gasteiger partial charge >= 0.3 is 0 Å². The number of hydrogen-bond donors (Lipinski definition) is 1. The van der Waals surface area contributed by atoms with Crippen LogP contribution in [0.2, 0.25) is 0 Å². The van der Waals surface area contributed by atoms with Gasteiger partial charge in [0.1, 0.15) is 0 Å². The topological polar surface area (TPSA) is 32.7 Å². The third-order valence-electron chi connectivity index (χ3n) is 4.46. The van der Waals surface area contributed by atoms with E-state index in [0.717, 1.165) is 32.5 Å². The molecule has 1 aromatic heterocycles. The summed E-state index contributed by atoms with van der Waals surface area (Å²) in [5, 5.41) is 11.9. The zero-order valence-electron chi connectivity index (χ0n) is 10.9. The molecule has 0 amide bonds. The molecule has 0 aliphatic carbocycles. The summed E-state index contributed by atoms with van der Waals surface area (Å²) < 4.78 is 5.50. The summed E-state index contributed by atoms with van der Waals surface area (Å²) in [5.41, 5.74) is 1.46. The SMILES string of the molecule is CC1c2ccsc2CCN1CC1(CO)CCOC1. The monoisotopic (exact) mass is 267 g/mol. The summed E-state index contributed by atoms with van der Waals surface area (Å²) in [6, 6.07) is 2.73. The lowest BCUT2D eigenvalue weighted by atomic mass is 9.86. The molecule has 3 rings (SSSR count). The molecular formula is C14H21NO2S. The fraction of sp³-hybridized carbons (Fsp3) is 0.714. The molecule has 3 heterocycles. The third-order valence-corrected chi connectivity index (χ3v) is 5.46. The summed E-state index contributed by atoms with van der Waals surface area (Å²) in [6.45, 7) is 6.10. The molecule has 100 valence electrons. The minimum absolute atomic E-state index is 0.0260. The van der Waals surface area contributed by atoms with Gasteiger partial charge in [-0.05, 0) is 36.8 Å². The summed E-state index contributed by atoms with van der Waals surface area (Å²) in [6.07, 6.45) is 2.14. The van der Waals surface area contributed by atoms with Gasteiger partial charge in [0.05, 0.1) is 13.2 Å². The number of aliphatic hydroxyl groups excluding tert-OH is 1. The molecule has 1 saturated heterocycles. The molecule has 2 aliphatic heterocycles. The van der Waals surface area contributed by atoms with Crippen LogP contribution in [0.5, 0.6) is 0 Å². The number of aliphatic hydroxyl groups is 1. The van der Waals surface area contributed by atoms with Crippen molar-refractivity contribution >= 4 is 11.3 Å². The highest BCUT2D eigenvalue weighted by atomic mass is 32.1. The van der Waals surface area contributed by atoms with E-state index >= 15 is 0 Å². The van der Waals surface area contributed by atoms with Gasteiger partial charge in [-0.25, -0.2) is 0 Å². The van der Waals surface area contributed by atoms with Crippen molar-refractivity contribution in [2.24, 2.45) is 5.41 Å². The van der Waals surface area contributed by atoms with Gasteiger partial charge in [-0.3, -0.25) is 4.90 Å². The summed E-state index contributed by atoms with van der Waals surface area (Å²) in [7, 11) is 0. The molecule has 2 aliphatic rings. The molecule has 0 bridgehead atoms. The van der Waals surface area contributed by atoms with Crippen molar-refractivity contribution in [3.05, 3.63) is 21.9 Å². The van der Waals surface area contributed by atoms with Crippen molar-refractivity contribution in [3.63, 3.8) is 0 Å². The first-order chi connectivity index (χ1) is 8.74. The summed E-state index contributed by atoms with van der Waals surface area (Å²) in [5.74, 6) is 0. The molecule has 0 radical (unpaired) electrons. The minimum Gasteiger partial charge on any atom is -0.396 e. The molecule has 1 N–H and O–H groups in total. The third kappa shape index (κ3) is 2.11. The van der Waals surface area contributed by atoms with Crippen LogP contribution in [0.1, 0.15) is 29.8 Å². The van der Waals surface area contributed by atoms with Crippen molar-refractivity contribution < 1.29 is 9.84 Å². The molecule has 2 atom stereocenters.